The van der Waals surface area contributed by atoms with Gasteiger partial charge in [0.15, 0.2) is 11.9 Å². The van der Waals surface area contributed by atoms with Crippen LogP contribution in [-0.4, -0.2) is 71.1 Å². The lowest BCUT2D eigenvalue weighted by atomic mass is 10.0. The van der Waals surface area contributed by atoms with Gasteiger partial charge in [0.1, 0.15) is 17.8 Å². The number of aliphatic imine (C=N–C) groups is 2. The van der Waals surface area contributed by atoms with E-state index in [1.54, 1.807) is 12.1 Å². The van der Waals surface area contributed by atoms with E-state index in [1.165, 1.54) is 12.1 Å². The van der Waals surface area contributed by atoms with Gasteiger partial charge in [-0.3, -0.25) is 19.6 Å². The molecule has 0 aliphatic heterocycles. The number of carbonyl (C=O) groups excluding carboxylic acids is 2. The van der Waals surface area contributed by atoms with E-state index in [0.717, 1.165) is 0 Å². The minimum absolute atomic E-state index is 0.0275. The van der Waals surface area contributed by atoms with Crippen LogP contribution < -0.4 is 39.3 Å². The Balaban J connectivity index is 2.84. The first kappa shape index (κ1) is 29.0. The fourth-order valence-corrected chi connectivity index (χ4v) is 3.04. The number of phenolic OH excluding ortho intramolecular Hbond substituents is 1. The third kappa shape index (κ3) is 12.1. The van der Waals surface area contributed by atoms with Gasteiger partial charge in [0.05, 0.1) is 6.04 Å². The van der Waals surface area contributed by atoms with Crippen molar-refractivity contribution in [3.8, 4) is 5.75 Å². The summed E-state index contributed by atoms with van der Waals surface area (Å²) in [6.45, 7) is 0.506. The van der Waals surface area contributed by atoms with Gasteiger partial charge in [0, 0.05) is 19.5 Å². The highest BCUT2D eigenvalue weighted by molar-refractivity contribution is 5.91. The van der Waals surface area contributed by atoms with Crippen molar-refractivity contribution in [1.82, 2.24) is 10.6 Å². The minimum atomic E-state index is -1.27. The van der Waals surface area contributed by atoms with Crippen LogP contribution in [0.3, 0.4) is 0 Å². The van der Waals surface area contributed by atoms with Gasteiger partial charge in [0.2, 0.25) is 11.8 Å². The number of phenols is 1. The summed E-state index contributed by atoms with van der Waals surface area (Å²) in [4.78, 5) is 44.9. The Morgan fingerprint density at radius 3 is 1.86 bits per heavy atom. The molecular weight excluding hydrogens is 458 g/mol. The second kappa shape index (κ2) is 15.0. The van der Waals surface area contributed by atoms with Crippen LogP contribution in [0.15, 0.2) is 34.3 Å². The molecule has 0 aliphatic rings. The SMILES string of the molecule is NC(N)=NCCCC(N)C(=O)NC(CCCN=C(N)N)C(=O)NC(Cc1ccc(O)cc1)C(=O)O. The van der Waals surface area contributed by atoms with Gasteiger partial charge >= 0.3 is 5.97 Å². The molecule has 0 aliphatic carbocycles. The Morgan fingerprint density at radius 2 is 1.34 bits per heavy atom. The zero-order valence-electron chi connectivity index (χ0n) is 19.4. The summed E-state index contributed by atoms with van der Waals surface area (Å²) in [7, 11) is 0. The summed E-state index contributed by atoms with van der Waals surface area (Å²) in [6.07, 6.45) is 1.16. The number of hydrogen-bond donors (Lipinski definition) is 9. The quantitative estimate of drug-likeness (QED) is 0.0699. The predicted molar refractivity (Wildman–Crippen MR) is 131 cm³/mol. The second-order valence-electron chi connectivity index (χ2n) is 7.84. The van der Waals surface area contributed by atoms with Gasteiger partial charge in [-0.25, -0.2) is 4.79 Å². The normalized spacial score (nSPS) is 13.1. The van der Waals surface area contributed by atoms with Crippen molar-refractivity contribution >= 4 is 29.7 Å². The maximum absolute atomic E-state index is 12.9. The van der Waals surface area contributed by atoms with Crippen LogP contribution in [0.1, 0.15) is 31.2 Å². The zero-order chi connectivity index (χ0) is 26.4. The van der Waals surface area contributed by atoms with Crippen molar-refractivity contribution in [2.75, 3.05) is 13.1 Å². The Labute approximate surface area is 203 Å². The lowest BCUT2D eigenvalue weighted by molar-refractivity contribution is -0.142. The van der Waals surface area contributed by atoms with Gasteiger partial charge in [-0.2, -0.15) is 0 Å². The largest absolute Gasteiger partial charge is 0.508 e. The Bertz CT molecular complexity index is 897. The summed E-state index contributed by atoms with van der Waals surface area (Å²) in [6, 6.07) is 2.67. The number of aromatic hydroxyl groups is 1. The van der Waals surface area contributed by atoms with Crippen molar-refractivity contribution in [3.63, 3.8) is 0 Å². The van der Waals surface area contributed by atoms with Gasteiger partial charge in [-0.05, 0) is 43.4 Å². The van der Waals surface area contributed by atoms with E-state index in [9.17, 15) is 24.6 Å². The summed E-state index contributed by atoms with van der Waals surface area (Å²) < 4.78 is 0. The average molecular weight is 494 g/mol. The molecule has 0 saturated carbocycles. The van der Waals surface area contributed by atoms with Crippen LogP contribution in [0.25, 0.3) is 0 Å². The standard InChI is InChI=1S/C21H35N9O5/c22-14(3-1-9-27-20(23)24)17(32)29-15(4-2-10-28-21(25)26)18(33)30-16(19(34)35)11-12-5-7-13(31)8-6-12/h5-8,14-16,31H,1-4,9-11,22H2,(H,29,32)(H,30,33)(H,34,35)(H4,23,24,27)(H4,25,26,28). The molecule has 1 rings (SSSR count). The first-order valence-corrected chi connectivity index (χ1v) is 11.0. The second-order valence-corrected chi connectivity index (χ2v) is 7.84. The van der Waals surface area contributed by atoms with Crippen molar-refractivity contribution in [3.05, 3.63) is 29.8 Å². The zero-order valence-corrected chi connectivity index (χ0v) is 19.4. The molecule has 1 aromatic rings. The molecule has 14 N–H and O–H groups in total. The summed E-state index contributed by atoms with van der Waals surface area (Å²) in [5.74, 6) is -2.68. The fraction of sp³-hybridized carbons (Fsp3) is 0.476. The topological polar surface area (TPSA) is 271 Å². The monoisotopic (exact) mass is 493 g/mol. The fourth-order valence-electron chi connectivity index (χ4n) is 3.04. The number of hydrogen-bond acceptors (Lipinski definition) is 7. The summed E-state index contributed by atoms with van der Waals surface area (Å²) in [5, 5.41) is 24.0. The number of nitrogens with one attached hydrogen (secondary N) is 2. The Kier molecular flexibility index (Phi) is 12.4. The van der Waals surface area contributed by atoms with Crippen molar-refractivity contribution in [1.29, 1.82) is 0 Å². The van der Waals surface area contributed by atoms with E-state index in [0.29, 0.717) is 24.9 Å². The minimum Gasteiger partial charge on any atom is -0.508 e. The number of amides is 2. The lowest BCUT2D eigenvalue weighted by Crippen LogP contribution is -2.54. The van der Waals surface area contributed by atoms with Crippen LogP contribution in [0.2, 0.25) is 0 Å². The van der Waals surface area contributed by atoms with Crippen molar-refractivity contribution in [2.45, 2.75) is 50.2 Å². The number of nitrogens with two attached hydrogens (primary N) is 5. The molecule has 1 aromatic carbocycles. The molecule has 14 heteroatoms. The molecule has 0 saturated heterocycles. The van der Waals surface area contributed by atoms with Crippen LogP contribution in [0.4, 0.5) is 0 Å². The van der Waals surface area contributed by atoms with Crippen LogP contribution in [-0.2, 0) is 20.8 Å². The van der Waals surface area contributed by atoms with Gasteiger partial charge in [-0.1, -0.05) is 12.1 Å². The van der Waals surface area contributed by atoms with Crippen molar-refractivity contribution < 1.29 is 24.6 Å². The molecule has 14 nitrogen and oxygen atoms in total. The molecule has 35 heavy (non-hydrogen) atoms. The molecule has 3 unspecified atom stereocenters. The number of carboxylic acids is 1. The maximum atomic E-state index is 12.9. The van der Waals surface area contributed by atoms with Gasteiger partial charge in [-0.15, -0.1) is 0 Å². The summed E-state index contributed by atoms with van der Waals surface area (Å²) >= 11 is 0. The number of rotatable bonds is 15. The predicted octanol–water partition coefficient (Wildman–Crippen LogP) is -2.58. The number of nitrogens with zero attached hydrogens (tertiary/aromatic N) is 2. The molecule has 2 amide bonds. The molecule has 0 fully saturated rings. The molecule has 194 valence electrons. The Morgan fingerprint density at radius 1 is 0.829 bits per heavy atom. The smallest absolute Gasteiger partial charge is 0.326 e. The lowest BCUT2D eigenvalue weighted by Gasteiger charge is -2.23. The number of aliphatic carboxylic acids is 1. The first-order chi connectivity index (χ1) is 16.5. The van der Waals surface area contributed by atoms with Crippen LogP contribution in [0.5, 0.6) is 5.75 Å². The molecule has 0 spiro atoms. The van der Waals surface area contributed by atoms with Crippen LogP contribution >= 0.6 is 0 Å². The molecule has 0 radical (unpaired) electrons. The van der Waals surface area contributed by atoms with Gasteiger partial charge < -0.3 is 49.5 Å². The van der Waals surface area contributed by atoms with E-state index in [-0.39, 0.29) is 43.5 Å². The van der Waals surface area contributed by atoms with E-state index < -0.39 is 35.9 Å². The highest BCUT2D eigenvalue weighted by Crippen LogP contribution is 2.12. The third-order valence-electron chi connectivity index (χ3n) is 4.87. The van der Waals surface area contributed by atoms with E-state index in [4.69, 9.17) is 28.7 Å². The third-order valence-corrected chi connectivity index (χ3v) is 4.87. The number of carbonyl (C=O) groups is 3. The maximum Gasteiger partial charge on any atom is 0.326 e. The number of carboxylic acid groups (broad SMARTS) is 1. The Hall–Kier alpha value is -4.07. The van der Waals surface area contributed by atoms with E-state index in [1.807, 2.05) is 0 Å². The average Bonchev–Trinajstić information content (AvgIpc) is 2.78. The highest BCUT2D eigenvalue weighted by atomic mass is 16.4. The first-order valence-electron chi connectivity index (χ1n) is 11.0. The van der Waals surface area contributed by atoms with Gasteiger partial charge in [0.25, 0.3) is 0 Å². The van der Waals surface area contributed by atoms with E-state index in [2.05, 4.69) is 20.6 Å². The molecule has 0 bridgehead atoms. The summed E-state index contributed by atoms with van der Waals surface area (Å²) in [5.41, 5.74) is 27.6. The highest BCUT2D eigenvalue weighted by Gasteiger charge is 2.28. The molecule has 3 atom stereocenters. The number of guanidine groups is 2. The number of benzene rings is 1. The van der Waals surface area contributed by atoms with E-state index >= 15 is 0 Å². The van der Waals surface area contributed by atoms with Crippen LogP contribution in [0, 0.1) is 0 Å². The molecule has 0 aromatic heterocycles. The molecular formula is C21H35N9O5. The molecule has 0 heterocycles. The van der Waals surface area contributed by atoms with Crippen molar-refractivity contribution in [2.24, 2.45) is 38.7 Å².